The van der Waals surface area contributed by atoms with Crippen LogP contribution in [0.2, 0.25) is 0 Å². The number of anilines is 1. The zero-order valence-electron chi connectivity index (χ0n) is 7.14. The van der Waals surface area contributed by atoms with Crippen molar-refractivity contribution in [3.05, 3.63) is 29.3 Å². The van der Waals surface area contributed by atoms with E-state index >= 15 is 0 Å². The van der Waals surface area contributed by atoms with Gasteiger partial charge in [0.2, 0.25) is 0 Å². The Bertz CT molecular complexity index is 450. The molecule has 2 nitrogen and oxygen atoms in total. The van der Waals surface area contributed by atoms with Crippen LogP contribution in [-0.4, -0.2) is 0 Å². The van der Waals surface area contributed by atoms with Crippen molar-refractivity contribution in [2.24, 2.45) is 0 Å². The monoisotopic (exact) mass is 192 g/mol. The number of nitrogens with zero attached hydrogens (tertiary/aromatic N) is 1. The van der Waals surface area contributed by atoms with Crippen molar-refractivity contribution in [3.63, 3.8) is 0 Å². The third-order valence-electron chi connectivity index (χ3n) is 1.50. The van der Waals surface area contributed by atoms with E-state index in [0.29, 0.717) is 0 Å². The molecule has 0 aromatic heterocycles. The second-order valence-electron chi connectivity index (χ2n) is 2.47. The predicted molar refractivity (Wildman–Crippen MR) is 47.9 cm³/mol. The van der Waals surface area contributed by atoms with Gasteiger partial charge in [0.25, 0.3) is 0 Å². The zero-order chi connectivity index (χ0) is 10.6. The molecule has 0 aliphatic rings. The third kappa shape index (κ3) is 1.99. The van der Waals surface area contributed by atoms with Gasteiger partial charge in [-0.3, -0.25) is 0 Å². The second-order valence-corrected chi connectivity index (χ2v) is 2.47. The van der Waals surface area contributed by atoms with Gasteiger partial charge in [-0.2, -0.15) is 5.26 Å². The molecule has 1 rings (SSSR count). The molecule has 0 amide bonds. The Kier molecular flexibility index (Phi) is 3.04. The maximum Gasteiger partial charge on any atom is 0.182 e. The van der Waals surface area contributed by atoms with Crippen LogP contribution in [0.25, 0.3) is 0 Å². The van der Waals surface area contributed by atoms with Gasteiger partial charge in [-0.1, -0.05) is 11.8 Å². The van der Waals surface area contributed by atoms with E-state index in [1.165, 1.54) is 12.1 Å². The molecule has 0 fully saturated rings. The van der Waals surface area contributed by atoms with Crippen LogP contribution in [0, 0.1) is 34.8 Å². The van der Waals surface area contributed by atoms with Crippen molar-refractivity contribution in [2.75, 3.05) is 5.73 Å². The Hall–Kier alpha value is -2.07. The lowest BCUT2D eigenvalue weighted by molar-refractivity contribution is 0.510. The Labute approximate surface area is 80.0 Å². The van der Waals surface area contributed by atoms with Crippen LogP contribution < -0.4 is 5.73 Å². The van der Waals surface area contributed by atoms with Gasteiger partial charge >= 0.3 is 0 Å². The van der Waals surface area contributed by atoms with Crippen LogP contribution in [0.5, 0.6) is 0 Å². The molecule has 1 aromatic carbocycles. The smallest absolute Gasteiger partial charge is 0.182 e. The molecule has 2 N–H and O–H groups in total. The summed E-state index contributed by atoms with van der Waals surface area (Å²) in [6.45, 7) is 0. The van der Waals surface area contributed by atoms with Crippen molar-refractivity contribution in [1.29, 1.82) is 5.26 Å². The molecule has 0 atom stereocenters. The predicted octanol–water partition coefficient (Wildman–Crippen LogP) is 1.81. The topological polar surface area (TPSA) is 49.8 Å². The highest BCUT2D eigenvalue weighted by atomic mass is 19.2. The molecule has 0 saturated heterocycles. The average Bonchev–Trinajstić information content (AvgIpc) is 2.18. The van der Waals surface area contributed by atoms with E-state index in [1.807, 2.05) is 0 Å². The number of hydrogen-bond acceptors (Lipinski definition) is 2. The third-order valence-corrected chi connectivity index (χ3v) is 1.50. The summed E-state index contributed by atoms with van der Waals surface area (Å²) in [5, 5.41) is 8.17. The van der Waals surface area contributed by atoms with E-state index in [2.05, 4.69) is 11.8 Å². The first-order valence-corrected chi connectivity index (χ1v) is 3.76. The first-order chi connectivity index (χ1) is 6.66. The number of nitrogens with two attached hydrogens (primary N) is 1. The van der Waals surface area contributed by atoms with Gasteiger partial charge in [0.1, 0.15) is 0 Å². The number of benzene rings is 1. The molecule has 70 valence electrons. The summed E-state index contributed by atoms with van der Waals surface area (Å²) in [4.78, 5) is 0. The molecular weight excluding hydrogens is 186 g/mol. The number of rotatable bonds is 0. The number of nitrogen functional groups attached to an aromatic ring is 1. The lowest BCUT2D eigenvalue weighted by Crippen LogP contribution is -1.96. The summed E-state index contributed by atoms with van der Waals surface area (Å²) in [6.07, 6.45) is -0.0224. The van der Waals surface area contributed by atoms with E-state index in [9.17, 15) is 8.78 Å². The Balaban J connectivity index is 3.09. The van der Waals surface area contributed by atoms with Gasteiger partial charge in [0.15, 0.2) is 11.6 Å². The highest BCUT2D eigenvalue weighted by Crippen LogP contribution is 2.16. The standard InChI is InChI=1S/C10H6F2N2/c11-9-7(3-1-2-6-13)4-5-8(14)10(9)12/h4-5H,2,14H2. The van der Waals surface area contributed by atoms with Crippen molar-refractivity contribution in [1.82, 2.24) is 0 Å². The molecular formula is C10H6F2N2. The lowest BCUT2D eigenvalue weighted by atomic mass is 10.2. The quantitative estimate of drug-likeness (QED) is 0.503. The molecule has 0 heterocycles. The van der Waals surface area contributed by atoms with E-state index in [0.717, 1.165) is 0 Å². The normalized spacial score (nSPS) is 8.64. The van der Waals surface area contributed by atoms with E-state index in [-0.39, 0.29) is 17.7 Å². The first kappa shape index (κ1) is 10.0. The largest absolute Gasteiger partial charge is 0.396 e. The van der Waals surface area contributed by atoms with E-state index in [1.54, 1.807) is 6.07 Å². The highest BCUT2D eigenvalue weighted by molar-refractivity contribution is 5.47. The molecule has 0 bridgehead atoms. The summed E-state index contributed by atoms with van der Waals surface area (Å²) >= 11 is 0. The summed E-state index contributed by atoms with van der Waals surface area (Å²) in [5.74, 6) is 2.54. The minimum absolute atomic E-state index is 0.0224. The molecule has 0 aliphatic heterocycles. The molecule has 1 aromatic rings. The van der Waals surface area contributed by atoms with E-state index in [4.69, 9.17) is 11.0 Å². The summed E-state index contributed by atoms with van der Waals surface area (Å²) < 4.78 is 25.9. The Morgan fingerprint density at radius 2 is 2.00 bits per heavy atom. The van der Waals surface area contributed by atoms with Crippen LogP contribution in [0.15, 0.2) is 12.1 Å². The fourth-order valence-electron chi connectivity index (χ4n) is 0.840. The van der Waals surface area contributed by atoms with Crippen LogP contribution >= 0.6 is 0 Å². The van der Waals surface area contributed by atoms with Gasteiger partial charge in [0, 0.05) is 0 Å². The van der Waals surface area contributed by atoms with Gasteiger partial charge in [0.05, 0.1) is 23.7 Å². The molecule has 0 aliphatic carbocycles. The van der Waals surface area contributed by atoms with Gasteiger partial charge < -0.3 is 5.73 Å². The number of halogens is 2. The van der Waals surface area contributed by atoms with Gasteiger partial charge in [-0.15, -0.1) is 0 Å². The maximum atomic E-state index is 13.0. The lowest BCUT2D eigenvalue weighted by Gasteiger charge is -1.98. The number of nitriles is 1. The molecule has 0 unspecified atom stereocenters. The van der Waals surface area contributed by atoms with Gasteiger partial charge in [-0.25, -0.2) is 8.78 Å². The van der Waals surface area contributed by atoms with Crippen molar-refractivity contribution < 1.29 is 8.78 Å². The van der Waals surface area contributed by atoms with Gasteiger partial charge in [-0.05, 0) is 12.1 Å². The molecule has 4 heteroatoms. The zero-order valence-corrected chi connectivity index (χ0v) is 7.14. The fraction of sp³-hybridized carbons (Fsp3) is 0.100. The van der Waals surface area contributed by atoms with Crippen molar-refractivity contribution >= 4 is 5.69 Å². The Morgan fingerprint density at radius 1 is 1.29 bits per heavy atom. The molecule has 0 saturated carbocycles. The SMILES string of the molecule is N#CCC#Cc1ccc(N)c(F)c1F. The minimum atomic E-state index is -1.10. The minimum Gasteiger partial charge on any atom is -0.396 e. The Morgan fingerprint density at radius 3 is 2.64 bits per heavy atom. The first-order valence-electron chi connectivity index (χ1n) is 3.76. The summed E-state index contributed by atoms with van der Waals surface area (Å²) in [7, 11) is 0. The molecule has 14 heavy (non-hydrogen) atoms. The summed E-state index contributed by atoms with van der Waals surface area (Å²) in [5.41, 5.74) is 4.78. The van der Waals surface area contributed by atoms with Crippen molar-refractivity contribution in [3.8, 4) is 17.9 Å². The number of hydrogen-bond donors (Lipinski definition) is 1. The molecule has 0 radical (unpaired) electrons. The van der Waals surface area contributed by atoms with Crippen LogP contribution in [0.3, 0.4) is 0 Å². The van der Waals surface area contributed by atoms with Crippen LogP contribution in [0.1, 0.15) is 12.0 Å². The van der Waals surface area contributed by atoms with E-state index < -0.39 is 11.6 Å². The molecule has 0 spiro atoms. The van der Waals surface area contributed by atoms with Crippen molar-refractivity contribution in [2.45, 2.75) is 6.42 Å². The second kappa shape index (κ2) is 4.25. The van der Waals surface area contributed by atoms with Crippen LogP contribution in [0.4, 0.5) is 14.5 Å². The fourth-order valence-corrected chi connectivity index (χ4v) is 0.840. The van der Waals surface area contributed by atoms with Crippen LogP contribution in [-0.2, 0) is 0 Å². The summed E-state index contributed by atoms with van der Waals surface area (Å²) in [6, 6.07) is 4.28. The highest BCUT2D eigenvalue weighted by Gasteiger charge is 2.09. The average molecular weight is 192 g/mol. The maximum absolute atomic E-state index is 13.0.